The van der Waals surface area contributed by atoms with Crippen molar-refractivity contribution >= 4 is 33.1 Å². The third-order valence-corrected chi connectivity index (χ3v) is 5.58. The first-order valence-corrected chi connectivity index (χ1v) is 10.7. The van der Waals surface area contributed by atoms with Crippen molar-refractivity contribution in [2.24, 2.45) is 0 Å². The molecule has 1 fully saturated rings. The molecule has 2 unspecified atom stereocenters. The molecule has 1 aliphatic rings. The van der Waals surface area contributed by atoms with Crippen LogP contribution in [0.25, 0.3) is 10.8 Å². The van der Waals surface area contributed by atoms with Crippen molar-refractivity contribution in [2.45, 2.75) is 32.6 Å². The summed E-state index contributed by atoms with van der Waals surface area (Å²) in [7, 11) is 0. The van der Waals surface area contributed by atoms with Gasteiger partial charge in [0.15, 0.2) is 11.7 Å². The van der Waals surface area contributed by atoms with Crippen LogP contribution in [-0.2, 0) is 16.1 Å². The Morgan fingerprint density at radius 2 is 1.97 bits per heavy atom. The Balaban J connectivity index is 1.28. The number of benzene rings is 2. The highest BCUT2D eigenvalue weighted by molar-refractivity contribution is 7.13. The van der Waals surface area contributed by atoms with Gasteiger partial charge < -0.3 is 9.47 Å². The molecule has 3 aromatic rings. The van der Waals surface area contributed by atoms with E-state index in [9.17, 15) is 4.79 Å². The SMILES string of the molecule is CC1CN(Cc2csc(NC(=O)COc3ccc4ccccc4c3)n2)CC(C)O1. The van der Waals surface area contributed by atoms with Gasteiger partial charge in [0.25, 0.3) is 5.91 Å². The van der Waals surface area contributed by atoms with Crippen LogP contribution in [0.2, 0.25) is 0 Å². The number of carbonyl (C=O) groups is 1. The van der Waals surface area contributed by atoms with Crippen LogP contribution in [-0.4, -0.2) is 47.7 Å². The quantitative estimate of drug-likeness (QED) is 0.666. The van der Waals surface area contributed by atoms with E-state index in [1.807, 2.05) is 47.8 Å². The minimum absolute atomic E-state index is 0.0499. The Morgan fingerprint density at radius 3 is 2.76 bits per heavy atom. The molecule has 0 aliphatic carbocycles. The van der Waals surface area contributed by atoms with Gasteiger partial charge in [0, 0.05) is 25.0 Å². The van der Waals surface area contributed by atoms with Crippen LogP contribution in [0.1, 0.15) is 19.5 Å². The van der Waals surface area contributed by atoms with Crippen molar-refractivity contribution in [3.8, 4) is 5.75 Å². The average molecular weight is 412 g/mol. The Morgan fingerprint density at radius 1 is 1.21 bits per heavy atom. The largest absolute Gasteiger partial charge is 0.484 e. The molecule has 2 heterocycles. The second-order valence-corrected chi connectivity index (χ2v) is 8.30. The number of hydrogen-bond donors (Lipinski definition) is 1. The summed E-state index contributed by atoms with van der Waals surface area (Å²) in [6.45, 7) is 6.67. The zero-order valence-corrected chi connectivity index (χ0v) is 17.4. The average Bonchev–Trinajstić information content (AvgIpc) is 3.12. The van der Waals surface area contributed by atoms with E-state index in [0.717, 1.165) is 36.1 Å². The van der Waals surface area contributed by atoms with Gasteiger partial charge in [-0.1, -0.05) is 30.3 Å². The molecule has 29 heavy (non-hydrogen) atoms. The van der Waals surface area contributed by atoms with Crippen molar-refractivity contribution in [3.05, 3.63) is 53.5 Å². The van der Waals surface area contributed by atoms with Gasteiger partial charge in [-0.15, -0.1) is 11.3 Å². The molecule has 1 amide bonds. The first-order chi connectivity index (χ1) is 14.0. The summed E-state index contributed by atoms with van der Waals surface area (Å²) in [5.74, 6) is 0.460. The number of amides is 1. The zero-order valence-electron chi connectivity index (χ0n) is 16.6. The molecular formula is C22H25N3O3S. The van der Waals surface area contributed by atoms with Gasteiger partial charge in [-0.3, -0.25) is 15.0 Å². The number of rotatable bonds is 6. The van der Waals surface area contributed by atoms with E-state index in [2.05, 4.69) is 29.0 Å². The van der Waals surface area contributed by atoms with Crippen molar-refractivity contribution in [3.63, 3.8) is 0 Å². The lowest BCUT2D eigenvalue weighted by atomic mass is 10.1. The van der Waals surface area contributed by atoms with Gasteiger partial charge in [0.2, 0.25) is 0 Å². The standard InChI is InChI=1S/C22H25N3O3S/c1-15-10-25(11-16(2)28-15)12-19-14-29-22(23-19)24-21(26)13-27-20-8-7-17-5-3-4-6-18(17)9-20/h3-9,14-16H,10-13H2,1-2H3,(H,23,24,26). The number of aromatic nitrogens is 1. The van der Waals surface area contributed by atoms with Gasteiger partial charge in [-0.05, 0) is 36.8 Å². The number of anilines is 1. The lowest BCUT2D eigenvalue weighted by Gasteiger charge is -2.34. The van der Waals surface area contributed by atoms with Gasteiger partial charge in [-0.2, -0.15) is 0 Å². The van der Waals surface area contributed by atoms with Crippen LogP contribution in [0.5, 0.6) is 5.75 Å². The first kappa shape index (κ1) is 19.8. The van der Waals surface area contributed by atoms with Crippen molar-refractivity contribution in [1.29, 1.82) is 0 Å². The van der Waals surface area contributed by atoms with Crippen LogP contribution < -0.4 is 10.1 Å². The van der Waals surface area contributed by atoms with Crippen LogP contribution >= 0.6 is 11.3 Å². The normalized spacial score (nSPS) is 19.9. The van der Waals surface area contributed by atoms with E-state index >= 15 is 0 Å². The molecule has 0 radical (unpaired) electrons. The second-order valence-electron chi connectivity index (χ2n) is 7.44. The first-order valence-electron chi connectivity index (χ1n) is 9.79. The molecule has 1 aliphatic heterocycles. The van der Waals surface area contributed by atoms with Gasteiger partial charge in [0.1, 0.15) is 5.75 Å². The molecule has 7 heteroatoms. The lowest BCUT2D eigenvalue weighted by molar-refractivity contribution is -0.118. The monoisotopic (exact) mass is 411 g/mol. The third kappa shape index (κ3) is 5.32. The second kappa shape index (κ2) is 8.90. The predicted octanol–water partition coefficient (Wildman–Crippen LogP) is 3.92. The molecule has 1 N–H and O–H groups in total. The van der Waals surface area contributed by atoms with Gasteiger partial charge >= 0.3 is 0 Å². The zero-order chi connectivity index (χ0) is 20.2. The number of ether oxygens (including phenoxy) is 2. The topological polar surface area (TPSA) is 63.7 Å². The molecular weight excluding hydrogens is 386 g/mol. The molecule has 152 valence electrons. The molecule has 2 aromatic carbocycles. The fraction of sp³-hybridized carbons (Fsp3) is 0.364. The molecule has 1 saturated heterocycles. The summed E-state index contributed by atoms with van der Waals surface area (Å²) in [6.07, 6.45) is 0.452. The summed E-state index contributed by atoms with van der Waals surface area (Å²) in [4.78, 5) is 19.1. The van der Waals surface area contributed by atoms with E-state index in [4.69, 9.17) is 9.47 Å². The highest BCUT2D eigenvalue weighted by Crippen LogP contribution is 2.21. The van der Waals surface area contributed by atoms with E-state index in [-0.39, 0.29) is 24.7 Å². The van der Waals surface area contributed by atoms with E-state index in [0.29, 0.717) is 10.9 Å². The summed E-state index contributed by atoms with van der Waals surface area (Å²) in [5.41, 5.74) is 0.960. The van der Waals surface area contributed by atoms with Gasteiger partial charge in [0.05, 0.1) is 17.9 Å². The maximum absolute atomic E-state index is 12.2. The van der Waals surface area contributed by atoms with Crippen LogP contribution in [0.4, 0.5) is 5.13 Å². The maximum atomic E-state index is 12.2. The van der Waals surface area contributed by atoms with E-state index in [1.165, 1.54) is 11.3 Å². The smallest absolute Gasteiger partial charge is 0.264 e. The minimum atomic E-state index is -0.215. The Kier molecular flexibility index (Phi) is 6.08. The molecule has 4 rings (SSSR count). The highest BCUT2D eigenvalue weighted by atomic mass is 32.1. The van der Waals surface area contributed by atoms with Crippen molar-refractivity contribution < 1.29 is 14.3 Å². The molecule has 1 aromatic heterocycles. The molecule has 2 atom stereocenters. The van der Waals surface area contributed by atoms with Gasteiger partial charge in [-0.25, -0.2) is 4.98 Å². The Labute approximate surface area is 174 Å². The molecule has 0 saturated carbocycles. The highest BCUT2D eigenvalue weighted by Gasteiger charge is 2.22. The Hall–Kier alpha value is -2.48. The third-order valence-electron chi connectivity index (χ3n) is 4.77. The van der Waals surface area contributed by atoms with Crippen LogP contribution in [0.3, 0.4) is 0 Å². The number of nitrogens with zero attached hydrogens (tertiary/aromatic N) is 2. The Bertz CT molecular complexity index is 980. The summed E-state index contributed by atoms with van der Waals surface area (Å²) >= 11 is 1.44. The number of fused-ring (bicyclic) bond motifs is 1. The number of carbonyl (C=O) groups excluding carboxylic acids is 1. The summed E-state index contributed by atoms with van der Waals surface area (Å²) in [6, 6.07) is 13.9. The minimum Gasteiger partial charge on any atom is -0.484 e. The van der Waals surface area contributed by atoms with Crippen molar-refractivity contribution in [2.75, 3.05) is 25.0 Å². The van der Waals surface area contributed by atoms with Crippen LogP contribution in [0.15, 0.2) is 47.8 Å². The molecule has 0 spiro atoms. The van der Waals surface area contributed by atoms with E-state index < -0.39 is 0 Å². The summed E-state index contributed by atoms with van der Waals surface area (Å²) in [5, 5.41) is 7.64. The fourth-order valence-corrected chi connectivity index (χ4v) is 4.36. The maximum Gasteiger partial charge on any atom is 0.264 e. The lowest BCUT2D eigenvalue weighted by Crippen LogP contribution is -2.44. The van der Waals surface area contributed by atoms with Crippen molar-refractivity contribution in [1.82, 2.24) is 9.88 Å². The summed E-state index contributed by atoms with van der Waals surface area (Å²) < 4.78 is 11.4. The van der Waals surface area contributed by atoms with Crippen LogP contribution in [0, 0.1) is 0 Å². The van der Waals surface area contributed by atoms with E-state index in [1.54, 1.807) is 0 Å². The number of thiazole rings is 1. The predicted molar refractivity (Wildman–Crippen MR) is 115 cm³/mol. The number of nitrogens with one attached hydrogen (secondary N) is 1. The molecule has 6 nitrogen and oxygen atoms in total. The number of morpholine rings is 1. The number of hydrogen-bond acceptors (Lipinski definition) is 6. The molecule has 0 bridgehead atoms. The fourth-order valence-electron chi connectivity index (χ4n) is 3.64.